The zero-order chi connectivity index (χ0) is 14.1. The standard InChI is InChI=1S/C7H13NO7S2/c1-3-5(9)7(2,4-16(10,11)12)6(8)17(13,14)15/h3,6H,1,4,8H2,2H3,(H,10,11,12)(H,13,14,15). The summed E-state index contributed by atoms with van der Waals surface area (Å²) < 4.78 is 60.6. The van der Waals surface area contributed by atoms with Crippen molar-refractivity contribution in [1.82, 2.24) is 0 Å². The second kappa shape index (κ2) is 4.82. The number of carbonyl (C=O) groups is 1. The first-order valence-corrected chi connectivity index (χ1v) is 7.30. The Morgan fingerprint density at radius 3 is 2.06 bits per heavy atom. The topological polar surface area (TPSA) is 152 Å². The molecule has 0 heterocycles. The van der Waals surface area contributed by atoms with Gasteiger partial charge in [-0.25, -0.2) is 0 Å². The van der Waals surface area contributed by atoms with Crippen molar-refractivity contribution in [2.75, 3.05) is 5.75 Å². The maximum Gasteiger partial charge on any atom is 0.281 e. The smallest absolute Gasteiger partial charge is 0.281 e. The first-order valence-electron chi connectivity index (χ1n) is 4.18. The lowest BCUT2D eigenvalue weighted by Gasteiger charge is -2.29. The fourth-order valence-electron chi connectivity index (χ4n) is 1.23. The van der Waals surface area contributed by atoms with Crippen molar-refractivity contribution in [1.29, 1.82) is 0 Å². The van der Waals surface area contributed by atoms with E-state index in [1.807, 2.05) is 0 Å². The fourth-order valence-corrected chi connectivity index (χ4v) is 3.28. The van der Waals surface area contributed by atoms with E-state index in [0.29, 0.717) is 6.08 Å². The number of hydrogen-bond donors (Lipinski definition) is 3. The molecule has 0 aromatic carbocycles. The molecule has 0 spiro atoms. The molecule has 0 aliphatic rings. The van der Waals surface area contributed by atoms with Crippen LogP contribution in [0.4, 0.5) is 0 Å². The van der Waals surface area contributed by atoms with Gasteiger partial charge in [0.1, 0.15) is 5.37 Å². The second-order valence-corrected chi connectivity index (χ2v) is 6.64. The van der Waals surface area contributed by atoms with Crippen molar-refractivity contribution < 1.29 is 30.7 Å². The van der Waals surface area contributed by atoms with Crippen molar-refractivity contribution in [2.24, 2.45) is 11.1 Å². The molecule has 0 bridgehead atoms. The van der Waals surface area contributed by atoms with Crippen LogP contribution in [0.2, 0.25) is 0 Å². The average Bonchev–Trinajstić information content (AvgIpc) is 2.10. The summed E-state index contributed by atoms with van der Waals surface area (Å²) >= 11 is 0. The molecule has 2 unspecified atom stereocenters. The van der Waals surface area contributed by atoms with Gasteiger partial charge in [-0.2, -0.15) is 16.8 Å². The van der Waals surface area contributed by atoms with Crippen LogP contribution in [0.25, 0.3) is 0 Å². The molecule has 0 aromatic rings. The Kier molecular flexibility index (Phi) is 4.59. The van der Waals surface area contributed by atoms with Crippen LogP contribution in [0.5, 0.6) is 0 Å². The van der Waals surface area contributed by atoms with Gasteiger partial charge in [-0.1, -0.05) is 6.58 Å². The summed E-state index contributed by atoms with van der Waals surface area (Å²) in [4.78, 5) is 11.5. The third-order valence-corrected chi connectivity index (χ3v) is 4.31. The Morgan fingerprint density at radius 1 is 1.41 bits per heavy atom. The van der Waals surface area contributed by atoms with Crippen molar-refractivity contribution in [3.8, 4) is 0 Å². The summed E-state index contributed by atoms with van der Waals surface area (Å²) in [5.41, 5.74) is 2.91. The van der Waals surface area contributed by atoms with Crippen LogP contribution in [0.3, 0.4) is 0 Å². The highest BCUT2D eigenvalue weighted by Crippen LogP contribution is 2.27. The van der Waals surface area contributed by atoms with Gasteiger partial charge in [-0.15, -0.1) is 0 Å². The third-order valence-electron chi connectivity index (χ3n) is 2.18. The minimum absolute atomic E-state index is 0.663. The summed E-state index contributed by atoms with van der Waals surface area (Å²) in [7, 11) is -9.52. The molecule has 100 valence electrons. The predicted molar refractivity (Wildman–Crippen MR) is 59.3 cm³/mol. The van der Waals surface area contributed by atoms with Crippen molar-refractivity contribution in [3.05, 3.63) is 12.7 Å². The van der Waals surface area contributed by atoms with Crippen LogP contribution in [-0.2, 0) is 25.0 Å². The van der Waals surface area contributed by atoms with Gasteiger partial charge in [0.2, 0.25) is 0 Å². The average molecular weight is 287 g/mol. The Morgan fingerprint density at radius 2 is 1.82 bits per heavy atom. The van der Waals surface area contributed by atoms with Crippen molar-refractivity contribution in [3.63, 3.8) is 0 Å². The van der Waals surface area contributed by atoms with Gasteiger partial charge >= 0.3 is 0 Å². The lowest BCUT2D eigenvalue weighted by molar-refractivity contribution is -0.122. The quantitative estimate of drug-likeness (QED) is 0.407. The summed E-state index contributed by atoms with van der Waals surface area (Å²) in [6.45, 7) is 3.96. The summed E-state index contributed by atoms with van der Waals surface area (Å²) in [6.07, 6.45) is 0.663. The van der Waals surface area contributed by atoms with Gasteiger partial charge in [-0.05, 0) is 13.0 Å². The second-order valence-electron chi connectivity index (χ2n) is 3.65. The highest BCUT2D eigenvalue weighted by molar-refractivity contribution is 7.87. The Hall–Kier alpha value is -0.810. The van der Waals surface area contributed by atoms with Crippen LogP contribution < -0.4 is 5.73 Å². The normalized spacial score (nSPS) is 18.1. The van der Waals surface area contributed by atoms with E-state index in [-0.39, 0.29) is 0 Å². The van der Waals surface area contributed by atoms with Gasteiger partial charge in [-0.3, -0.25) is 13.9 Å². The highest BCUT2D eigenvalue weighted by Gasteiger charge is 2.47. The molecule has 0 rings (SSSR count). The van der Waals surface area contributed by atoms with E-state index in [9.17, 15) is 21.6 Å². The molecule has 0 fully saturated rings. The number of allylic oxidation sites excluding steroid dienone is 1. The minimum Gasteiger partial charge on any atom is -0.312 e. The van der Waals surface area contributed by atoms with Crippen LogP contribution in [0.15, 0.2) is 12.7 Å². The zero-order valence-corrected chi connectivity index (χ0v) is 10.5. The number of ketones is 1. The first kappa shape index (κ1) is 16.2. The van der Waals surface area contributed by atoms with Crippen LogP contribution in [0, 0.1) is 5.41 Å². The maximum absolute atomic E-state index is 11.5. The molecule has 0 saturated carbocycles. The van der Waals surface area contributed by atoms with E-state index in [0.717, 1.165) is 6.92 Å². The van der Waals surface area contributed by atoms with Crippen molar-refractivity contribution >= 4 is 26.0 Å². The molecule has 0 amide bonds. The summed E-state index contributed by atoms with van der Waals surface area (Å²) in [5.74, 6) is -2.27. The number of hydrogen-bond acceptors (Lipinski definition) is 6. The Labute approximate surface area is 99.0 Å². The summed E-state index contributed by atoms with van der Waals surface area (Å²) in [5, 5.41) is -2.19. The lowest BCUT2D eigenvalue weighted by atomic mass is 9.87. The summed E-state index contributed by atoms with van der Waals surface area (Å²) in [6, 6.07) is 0. The largest absolute Gasteiger partial charge is 0.312 e. The van der Waals surface area contributed by atoms with E-state index in [4.69, 9.17) is 14.8 Å². The van der Waals surface area contributed by atoms with E-state index >= 15 is 0 Å². The molecule has 8 nitrogen and oxygen atoms in total. The fraction of sp³-hybridized carbons (Fsp3) is 0.571. The van der Waals surface area contributed by atoms with Crippen LogP contribution >= 0.6 is 0 Å². The predicted octanol–water partition coefficient (Wildman–Crippen LogP) is -1.19. The molecule has 0 saturated heterocycles. The molecule has 4 N–H and O–H groups in total. The highest BCUT2D eigenvalue weighted by atomic mass is 32.2. The minimum atomic E-state index is -4.85. The van der Waals surface area contributed by atoms with E-state index in [1.165, 1.54) is 0 Å². The molecule has 10 heteroatoms. The molecule has 0 aromatic heterocycles. The van der Waals surface area contributed by atoms with Gasteiger partial charge < -0.3 is 5.73 Å². The van der Waals surface area contributed by atoms with Crippen LogP contribution in [0.1, 0.15) is 6.92 Å². The molecule has 0 aliphatic heterocycles. The third kappa shape index (κ3) is 4.16. The van der Waals surface area contributed by atoms with E-state index in [2.05, 4.69) is 6.58 Å². The molecular formula is C7H13NO7S2. The molecule has 0 radical (unpaired) electrons. The molecule has 2 atom stereocenters. The van der Waals surface area contributed by atoms with Gasteiger partial charge in [0.15, 0.2) is 5.78 Å². The Balaban J connectivity index is 5.73. The maximum atomic E-state index is 11.5. The zero-order valence-electron chi connectivity index (χ0n) is 8.90. The van der Waals surface area contributed by atoms with Gasteiger partial charge in [0, 0.05) is 0 Å². The number of carbonyl (C=O) groups excluding carboxylic acids is 1. The number of rotatable bonds is 6. The first-order chi connectivity index (χ1) is 7.34. The van der Waals surface area contributed by atoms with Gasteiger partial charge in [0.25, 0.3) is 20.2 Å². The van der Waals surface area contributed by atoms with E-state index < -0.39 is 42.6 Å². The number of nitrogens with two attached hydrogens (primary N) is 1. The lowest BCUT2D eigenvalue weighted by Crippen LogP contribution is -2.53. The van der Waals surface area contributed by atoms with Crippen LogP contribution in [-0.4, -0.2) is 42.9 Å². The SMILES string of the molecule is C=CC(=O)C(C)(CS(=O)(=O)O)C(N)S(=O)(=O)O. The Bertz CT molecular complexity index is 520. The van der Waals surface area contributed by atoms with Gasteiger partial charge in [0.05, 0.1) is 11.2 Å². The molecule has 17 heavy (non-hydrogen) atoms. The molecule has 0 aliphatic carbocycles. The monoisotopic (exact) mass is 287 g/mol. The van der Waals surface area contributed by atoms with Crippen molar-refractivity contribution in [2.45, 2.75) is 12.3 Å². The molecular weight excluding hydrogens is 274 g/mol. The van der Waals surface area contributed by atoms with E-state index in [1.54, 1.807) is 0 Å².